The molecule has 0 heterocycles. The van der Waals surface area contributed by atoms with E-state index in [9.17, 15) is 9.59 Å². The van der Waals surface area contributed by atoms with E-state index < -0.39 is 11.9 Å². The lowest BCUT2D eigenvalue weighted by molar-refractivity contribution is -0.148. The van der Waals surface area contributed by atoms with E-state index in [0.717, 1.165) is 5.56 Å². The SMILES string of the molecule is CCC(=C(C(=O)OCC(C)C)C(=O)OCC(C)C)c1ccccc1. The molecule has 0 bridgehead atoms. The molecule has 0 N–H and O–H groups in total. The van der Waals surface area contributed by atoms with E-state index in [1.54, 1.807) is 0 Å². The average molecular weight is 332 g/mol. The van der Waals surface area contributed by atoms with Gasteiger partial charge in [0, 0.05) is 0 Å². The van der Waals surface area contributed by atoms with Crippen LogP contribution in [-0.2, 0) is 19.1 Å². The summed E-state index contributed by atoms with van der Waals surface area (Å²) in [7, 11) is 0. The van der Waals surface area contributed by atoms with Gasteiger partial charge >= 0.3 is 11.9 Å². The number of ether oxygens (including phenoxy) is 2. The van der Waals surface area contributed by atoms with E-state index in [2.05, 4.69) is 0 Å². The summed E-state index contributed by atoms with van der Waals surface area (Å²) in [6.07, 6.45) is 0.535. The van der Waals surface area contributed by atoms with Crippen molar-refractivity contribution in [3.8, 4) is 0 Å². The van der Waals surface area contributed by atoms with Gasteiger partial charge in [0.2, 0.25) is 0 Å². The van der Waals surface area contributed by atoms with Gasteiger partial charge in [-0.25, -0.2) is 9.59 Å². The summed E-state index contributed by atoms with van der Waals surface area (Å²) in [5, 5.41) is 0. The van der Waals surface area contributed by atoms with E-state index in [4.69, 9.17) is 9.47 Å². The second kappa shape index (κ2) is 9.91. The molecule has 0 fully saturated rings. The van der Waals surface area contributed by atoms with Crippen molar-refractivity contribution in [2.24, 2.45) is 11.8 Å². The highest BCUT2D eigenvalue weighted by atomic mass is 16.6. The topological polar surface area (TPSA) is 52.6 Å². The van der Waals surface area contributed by atoms with Crippen LogP contribution in [0.4, 0.5) is 0 Å². The van der Waals surface area contributed by atoms with Crippen LogP contribution in [0.1, 0.15) is 46.6 Å². The van der Waals surface area contributed by atoms with Gasteiger partial charge in [-0.3, -0.25) is 0 Å². The molecule has 24 heavy (non-hydrogen) atoms. The van der Waals surface area contributed by atoms with E-state index in [-0.39, 0.29) is 30.6 Å². The van der Waals surface area contributed by atoms with Gasteiger partial charge in [0.25, 0.3) is 0 Å². The van der Waals surface area contributed by atoms with Gasteiger partial charge in [-0.2, -0.15) is 0 Å². The van der Waals surface area contributed by atoms with Gasteiger partial charge in [0.1, 0.15) is 5.57 Å². The quantitative estimate of drug-likeness (QED) is 0.309. The molecule has 1 aromatic carbocycles. The summed E-state index contributed by atoms with van der Waals surface area (Å²) >= 11 is 0. The smallest absolute Gasteiger partial charge is 0.345 e. The molecule has 0 aromatic heterocycles. The fourth-order valence-electron chi connectivity index (χ4n) is 2.12. The standard InChI is InChI=1S/C20H28O4/c1-6-17(16-10-8-7-9-11-16)18(19(21)23-12-14(2)3)20(22)24-13-15(4)5/h7-11,14-15H,6,12-13H2,1-5H3. The maximum Gasteiger partial charge on any atom is 0.345 e. The Morgan fingerprint density at radius 1 is 0.875 bits per heavy atom. The van der Waals surface area contributed by atoms with Crippen LogP contribution in [0.15, 0.2) is 35.9 Å². The molecule has 0 aliphatic heterocycles. The summed E-state index contributed by atoms with van der Waals surface area (Å²) in [5.74, 6) is -0.830. The van der Waals surface area contributed by atoms with Crippen molar-refractivity contribution in [2.75, 3.05) is 13.2 Å². The predicted octanol–water partition coefficient (Wildman–Crippen LogP) is 4.25. The molecular weight excluding hydrogens is 304 g/mol. The average Bonchev–Trinajstić information content (AvgIpc) is 2.56. The molecule has 0 saturated heterocycles. The molecular formula is C20H28O4. The summed E-state index contributed by atoms with van der Waals surface area (Å²) < 4.78 is 10.6. The molecule has 4 heteroatoms. The number of hydrogen-bond acceptors (Lipinski definition) is 4. The predicted molar refractivity (Wildman–Crippen MR) is 95.2 cm³/mol. The fourth-order valence-corrected chi connectivity index (χ4v) is 2.12. The van der Waals surface area contributed by atoms with E-state index >= 15 is 0 Å². The second-order valence-corrected chi connectivity index (χ2v) is 6.56. The highest BCUT2D eigenvalue weighted by Crippen LogP contribution is 2.24. The van der Waals surface area contributed by atoms with Crippen LogP contribution in [0.5, 0.6) is 0 Å². The Morgan fingerprint density at radius 3 is 1.71 bits per heavy atom. The molecule has 0 radical (unpaired) electrons. The van der Waals surface area contributed by atoms with Crippen molar-refractivity contribution in [3.05, 3.63) is 41.5 Å². The Morgan fingerprint density at radius 2 is 1.33 bits per heavy atom. The van der Waals surface area contributed by atoms with Crippen molar-refractivity contribution in [1.82, 2.24) is 0 Å². The Hall–Kier alpha value is -2.10. The normalized spacial score (nSPS) is 10.6. The molecule has 1 rings (SSSR count). The largest absolute Gasteiger partial charge is 0.462 e. The minimum absolute atomic E-state index is 0.00463. The molecule has 0 atom stereocenters. The monoisotopic (exact) mass is 332 g/mol. The number of rotatable bonds is 8. The van der Waals surface area contributed by atoms with Crippen molar-refractivity contribution in [3.63, 3.8) is 0 Å². The Labute approximate surface area is 144 Å². The highest BCUT2D eigenvalue weighted by molar-refractivity contribution is 6.20. The fraction of sp³-hybridized carbons (Fsp3) is 0.500. The van der Waals surface area contributed by atoms with E-state index in [1.165, 1.54) is 0 Å². The molecule has 0 aliphatic rings. The minimum Gasteiger partial charge on any atom is -0.462 e. The van der Waals surface area contributed by atoms with Gasteiger partial charge < -0.3 is 9.47 Å². The molecule has 0 spiro atoms. The van der Waals surface area contributed by atoms with Crippen molar-refractivity contribution in [2.45, 2.75) is 41.0 Å². The molecule has 0 unspecified atom stereocenters. The highest BCUT2D eigenvalue weighted by Gasteiger charge is 2.26. The molecule has 132 valence electrons. The minimum atomic E-state index is -0.613. The first-order valence-electron chi connectivity index (χ1n) is 8.49. The molecule has 0 amide bonds. The van der Waals surface area contributed by atoms with Crippen LogP contribution in [0, 0.1) is 11.8 Å². The molecule has 4 nitrogen and oxygen atoms in total. The third-order valence-electron chi connectivity index (χ3n) is 3.28. The first kappa shape index (κ1) is 19.9. The van der Waals surface area contributed by atoms with Crippen molar-refractivity contribution in [1.29, 1.82) is 0 Å². The summed E-state index contributed by atoms with van der Waals surface area (Å²) in [6, 6.07) is 9.40. The van der Waals surface area contributed by atoms with Gasteiger partial charge in [0.05, 0.1) is 13.2 Å². The van der Waals surface area contributed by atoms with Crippen molar-refractivity contribution < 1.29 is 19.1 Å². The van der Waals surface area contributed by atoms with Crippen molar-refractivity contribution >= 4 is 17.5 Å². The van der Waals surface area contributed by atoms with Crippen LogP contribution >= 0.6 is 0 Å². The maximum atomic E-state index is 12.5. The maximum absolute atomic E-state index is 12.5. The number of allylic oxidation sites excluding steroid dienone is 1. The summed E-state index contributed by atoms with van der Waals surface area (Å²) in [6.45, 7) is 10.2. The zero-order valence-electron chi connectivity index (χ0n) is 15.3. The van der Waals surface area contributed by atoms with E-state index in [1.807, 2.05) is 65.0 Å². The lowest BCUT2D eigenvalue weighted by Gasteiger charge is -2.15. The Bertz CT molecular complexity index is 545. The van der Waals surface area contributed by atoms with Crippen LogP contribution in [0.2, 0.25) is 0 Å². The van der Waals surface area contributed by atoms with Crippen LogP contribution in [0.25, 0.3) is 5.57 Å². The van der Waals surface area contributed by atoms with Crippen LogP contribution < -0.4 is 0 Å². The second-order valence-electron chi connectivity index (χ2n) is 6.56. The third kappa shape index (κ3) is 6.19. The van der Waals surface area contributed by atoms with Crippen LogP contribution in [0.3, 0.4) is 0 Å². The zero-order chi connectivity index (χ0) is 18.1. The summed E-state index contributed by atoms with van der Waals surface area (Å²) in [4.78, 5) is 25.1. The molecule has 1 aromatic rings. The third-order valence-corrected chi connectivity index (χ3v) is 3.28. The first-order valence-corrected chi connectivity index (χ1v) is 8.49. The van der Waals surface area contributed by atoms with Gasteiger partial charge in [0.15, 0.2) is 0 Å². The first-order chi connectivity index (χ1) is 11.4. The Kier molecular flexibility index (Phi) is 8.24. The zero-order valence-corrected chi connectivity index (χ0v) is 15.3. The number of hydrogen-bond donors (Lipinski definition) is 0. The lowest BCUT2D eigenvalue weighted by atomic mass is 9.97. The van der Waals surface area contributed by atoms with E-state index in [0.29, 0.717) is 12.0 Å². The number of esters is 2. The summed E-state index contributed by atoms with van der Waals surface area (Å²) in [5.41, 5.74) is 1.49. The number of carbonyl (C=O) groups is 2. The van der Waals surface area contributed by atoms with Crippen LogP contribution in [-0.4, -0.2) is 25.2 Å². The van der Waals surface area contributed by atoms with Gasteiger partial charge in [-0.1, -0.05) is 65.0 Å². The lowest BCUT2D eigenvalue weighted by Crippen LogP contribution is -2.23. The number of benzene rings is 1. The number of carbonyl (C=O) groups excluding carboxylic acids is 2. The molecule has 0 aliphatic carbocycles. The Balaban J connectivity index is 3.21. The van der Waals surface area contributed by atoms with Gasteiger partial charge in [-0.15, -0.1) is 0 Å². The molecule has 0 saturated carbocycles. The van der Waals surface area contributed by atoms with Gasteiger partial charge in [-0.05, 0) is 29.4 Å².